The molecule has 160 valence electrons. The molecule has 0 aliphatic heterocycles. The highest BCUT2D eigenvalue weighted by atomic mass is 32.1. The van der Waals surface area contributed by atoms with Gasteiger partial charge in [0, 0.05) is 4.88 Å². The van der Waals surface area contributed by atoms with E-state index in [-0.39, 0.29) is 21.9 Å². The number of anilines is 1. The molecule has 2 amide bonds. The Bertz CT molecular complexity index is 1110. The van der Waals surface area contributed by atoms with Crippen molar-refractivity contribution in [3.63, 3.8) is 0 Å². The molecule has 5 N–H and O–H groups in total. The maximum absolute atomic E-state index is 12.4. The fourth-order valence-corrected chi connectivity index (χ4v) is 3.74. The highest BCUT2D eigenvalue weighted by Gasteiger charge is 2.24. The van der Waals surface area contributed by atoms with Gasteiger partial charge >= 0.3 is 18.0 Å². The Morgan fingerprint density at radius 1 is 1.00 bits per heavy atom. The van der Waals surface area contributed by atoms with Gasteiger partial charge in [-0.25, -0.2) is 14.4 Å². The summed E-state index contributed by atoms with van der Waals surface area (Å²) in [5.41, 5.74) is 1.01. The summed E-state index contributed by atoms with van der Waals surface area (Å²) in [7, 11) is 1.53. The number of phenolic OH excluding ortho intramolecular Hbond substituents is 1. The van der Waals surface area contributed by atoms with Crippen LogP contribution >= 0.6 is 11.3 Å². The number of carbonyl (C=O) groups is 3. The van der Waals surface area contributed by atoms with Crippen LogP contribution in [0.25, 0.3) is 10.4 Å². The Morgan fingerprint density at radius 2 is 1.65 bits per heavy atom. The van der Waals surface area contributed by atoms with Crippen LogP contribution in [0.3, 0.4) is 0 Å². The molecule has 2 aromatic carbocycles. The Labute approximate surface area is 180 Å². The van der Waals surface area contributed by atoms with Crippen molar-refractivity contribution in [3.05, 3.63) is 65.0 Å². The number of amides is 2. The molecule has 0 aliphatic carbocycles. The molecule has 31 heavy (non-hydrogen) atoms. The van der Waals surface area contributed by atoms with Crippen LogP contribution in [0.2, 0.25) is 0 Å². The molecule has 0 bridgehead atoms. The number of carboxylic acid groups (broad SMARTS) is 2. The highest BCUT2D eigenvalue weighted by Crippen LogP contribution is 2.35. The number of aromatic hydroxyl groups is 1. The van der Waals surface area contributed by atoms with Gasteiger partial charge in [-0.1, -0.05) is 12.1 Å². The second-order valence-electron chi connectivity index (χ2n) is 6.35. The SMILES string of the molecule is COc1ccc(-c2cc(NC(=O)N[C@H](C(=O)O)c3ccc(O)cc3)c(C(=O)O)s2)cc1. The Morgan fingerprint density at radius 3 is 2.19 bits per heavy atom. The average Bonchev–Trinajstić information content (AvgIpc) is 3.16. The molecular formula is C21H18N2O7S. The smallest absolute Gasteiger partial charge is 0.348 e. The highest BCUT2D eigenvalue weighted by molar-refractivity contribution is 7.18. The van der Waals surface area contributed by atoms with Crippen LogP contribution in [0.4, 0.5) is 10.5 Å². The van der Waals surface area contributed by atoms with Crippen LogP contribution in [-0.2, 0) is 4.79 Å². The lowest BCUT2D eigenvalue weighted by molar-refractivity contribution is -0.139. The third kappa shape index (κ3) is 5.11. The summed E-state index contributed by atoms with van der Waals surface area (Å²) in [6.45, 7) is 0. The van der Waals surface area contributed by atoms with E-state index >= 15 is 0 Å². The molecule has 0 radical (unpaired) electrons. The lowest BCUT2D eigenvalue weighted by Gasteiger charge is -2.15. The number of methoxy groups -OCH3 is 1. The minimum Gasteiger partial charge on any atom is -0.508 e. The van der Waals surface area contributed by atoms with Crippen molar-refractivity contribution < 1.29 is 34.4 Å². The van der Waals surface area contributed by atoms with E-state index in [2.05, 4.69) is 10.6 Å². The zero-order valence-electron chi connectivity index (χ0n) is 16.2. The fraction of sp³-hybridized carbons (Fsp3) is 0.0952. The molecule has 10 heteroatoms. The van der Waals surface area contributed by atoms with Crippen molar-refractivity contribution in [2.24, 2.45) is 0 Å². The van der Waals surface area contributed by atoms with Crippen LogP contribution in [0, 0.1) is 0 Å². The van der Waals surface area contributed by atoms with E-state index in [0.29, 0.717) is 10.6 Å². The van der Waals surface area contributed by atoms with E-state index in [0.717, 1.165) is 16.9 Å². The summed E-state index contributed by atoms with van der Waals surface area (Å²) in [4.78, 5) is 36.1. The van der Waals surface area contributed by atoms with Crippen LogP contribution in [0.1, 0.15) is 21.3 Å². The number of thiophene rings is 1. The second kappa shape index (κ2) is 9.18. The maximum atomic E-state index is 12.4. The van der Waals surface area contributed by atoms with E-state index in [1.807, 2.05) is 0 Å². The third-order valence-electron chi connectivity index (χ3n) is 4.30. The summed E-state index contributed by atoms with van der Waals surface area (Å²) < 4.78 is 5.11. The molecule has 0 saturated heterocycles. The first-order valence-corrected chi connectivity index (χ1v) is 9.71. The van der Waals surface area contributed by atoms with E-state index < -0.39 is 24.0 Å². The summed E-state index contributed by atoms with van der Waals surface area (Å²) in [5, 5.41) is 33.0. The number of carboxylic acids is 2. The van der Waals surface area contributed by atoms with E-state index in [1.54, 1.807) is 24.3 Å². The van der Waals surface area contributed by atoms with Crippen LogP contribution in [0.5, 0.6) is 11.5 Å². The first-order valence-electron chi connectivity index (χ1n) is 8.89. The van der Waals surface area contributed by atoms with Crippen molar-refractivity contribution in [2.75, 3.05) is 12.4 Å². The predicted molar refractivity (Wildman–Crippen MR) is 114 cm³/mol. The van der Waals surface area contributed by atoms with Crippen molar-refractivity contribution >= 4 is 35.0 Å². The molecule has 0 fully saturated rings. The number of urea groups is 1. The van der Waals surface area contributed by atoms with Gasteiger partial charge in [0.25, 0.3) is 0 Å². The Hall–Kier alpha value is -4.05. The summed E-state index contributed by atoms with van der Waals surface area (Å²) >= 11 is 0.972. The molecule has 1 aromatic heterocycles. The molecule has 9 nitrogen and oxygen atoms in total. The lowest BCUT2D eigenvalue weighted by atomic mass is 10.1. The predicted octanol–water partition coefficient (Wildman–Crippen LogP) is 3.77. The first-order chi connectivity index (χ1) is 14.8. The maximum Gasteiger partial charge on any atom is 0.348 e. The number of nitrogens with one attached hydrogen (secondary N) is 2. The number of hydrogen-bond donors (Lipinski definition) is 5. The molecule has 1 heterocycles. The van der Waals surface area contributed by atoms with Gasteiger partial charge in [-0.2, -0.15) is 0 Å². The second-order valence-corrected chi connectivity index (χ2v) is 7.40. The van der Waals surface area contributed by atoms with Gasteiger partial charge in [-0.15, -0.1) is 11.3 Å². The summed E-state index contributed by atoms with van der Waals surface area (Å²) in [6.07, 6.45) is 0. The molecule has 3 rings (SSSR count). The van der Waals surface area contributed by atoms with Crippen molar-refractivity contribution in [2.45, 2.75) is 6.04 Å². The summed E-state index contributed by atoms with van der Waals surface area (Å²) in [6, 6.07) is 11.5. The van der Waals surface area contributed by atoms with Crippen LogP contribution in [-0.4, -0.2) is 40.4 Å². The number of carbonyl (C=O) groups excluding carboxylic acids is 1. The molecule has 0 unspecified atom stereocenters. The average molecular weight is 442 g/mol. The Kier molecular flexibility index (Phi) is 6.41. The Balaban J connectivity index is 1.82. The van der Waals surface area contributed by atoms with Gasteiger partial charge in [-0.3, -0.25) is 0 Å². The third-order valence-corrected chi connectivity index (χ3v) is 5.47. The van der Waals surface area contributed by atoms with Gasteiger partial charge in [0.1, 0.15) is 16.4 Å². The molecule has 3 aromatic rings. The molecule has 0 saturated carbocycles. The van der Waals surface area contributed by atoms with Gasteiger partial charge in [-0.05, 0) is 53.6 Å². The first kappa shape index (κ1) is 21.7. The zero-order chi connectivity index (χ0) is 22.5. The number of ether oxygens (including phenoxy) is 1. The number of hydrogen-bond acceptors (Lipinski definition) is 6. The normalized spacial score (nSPS) is 11.4. The quantitative estimate of drug-likeness (QED) is 0.374. The van der Waals surface area contributed by atoms with Crippen molar-refractivity contribution in [3.8, 4) is 21.9 Å². The topological polar surface area (TPSA) is 145 Å². The molecular weight excluding hydrogens is 424 g/mol. The lowest BCUT2D eigenvalue weighted by Crippen LogP contribution is -2.36. The van der Waals surface area contributed by atoms with E-state index in [9.17, 15) is 29.7 Å². The van der Waals surface area contributed by atoms with Crippen LogP contribution < -0.4 is 15.4 Å². The molecule has 0 aliphatic rings. The number of aromatic carboxylic acids is 1. The number of benzene rings is 2. The number of rotatable bonds is 7. The number of aliphatic carboxylic acids is 1. The largest absolute Gasteiger partial charge is 0.508 e. The number of phenols is 1. The fourth-order valence-electron chi connectivity index (χ4n) is 2.78. The van der Waals surface area contributed by atoms with E-state index in [4.69, 9.17) is 4.74 Å². The van der Waals surface area contributed by atoms with Gasteiger partial charge in [0.2, 0.25) is 0 Å². The molecule has 1 atom stereocenters. The minimum atomic E-state index is -1.39. The monoisotopic (exact) mass is 442 g/mol. The van der Waals surface area contributed by atoms with Gasteiger partial charge < -0.3 is 30.7 Å². The molecule has 0 spiro atoms. The van der Waals surface area contributed by atoms with Crippen molar-refractivity contribution in [1.82, 2.24) is 5.32 Å². The van der Waals surface area contributed by atoms with Gasteiger partial charge in [0.15, 0.2) is 6.04 Å². The van der Waals surface area contributed by atoms with Gasteiger partial charge in [0.05, 0.1) is 12.8 Å². The minimum absolute atomic E-state index is 0.0377. The van der Waals surface area contributed by atoms with Crippen molar-refractivity contribution in [1.29, 1.82) is 0 Å². The van der Waals surface area contributed by atoms with E-state index in [1.165, 1.54) is 37.4 Å². The standard InChI is InChI=1S/C21H18N2O7S/c1-30-14-8-4-11(5-9-14)16-10-15(18(31-16)20(27)28)22-21(29)23-17(19(25)26)12-2-6-13(24)7-3-12/h2-10,17,24H,1H3,(H,25,26)(H,27,28)(H2,22,23,29)/t17-/m0/s1. The van der Waals surface area contributed by atoms with Crippen LogP contribution in [0.15, 0.2) is 54.6 Å². The summed E-state index contributed by atoms with van der Waals surface area (Å²) in [5.74, 6) is -1.95. The zero-order valence-corrected chi connectivity index (χ0v) is 17.0.